The zero-order chi connectivity index (χ0) is 19.0. The Morgan fingerprint density at radius 1 is 1.07 bits per heavy atom. The van der Waals surface area contributed by atoms with Gasteiger partial charge in [0, 0.05) is 13.0 Å². The van der Waals surface area contributed by atoms with E-state index in [4.69, 9.17) is 0 Å². The third-order valence-corrected chi connectivity index (χ3v) is 4.48. The number of para-hydroxylation sites is 2. The molecule has 132 valence electrons. The molecule has 0 spiro atoms. The lowest BCUT2D eigenvalue weighted by atomic mass is 10.1. The van der Waals surface area contributed by atoms with E-state index < -0.39 is 11.8 Å². The lowest BCUT2D eigenvalue weighted by molar-refractivity contribution is 0.0653. The zero-order valence-corrected chi connectivity index (χ0v) is 14.1. The third kappa shape index (κ3) is 2.73. The number of nitrogens with one attached hydrogen (secondary N) is 1. The number of H-pyrrole nitrogens is 1. The van der Waals surface area contributed by atoms with Crippen LogP contribution in [0, 0.1) is 11.3 Å². The van der Waals surface area contributed by atoms with E-state index in [1.54, 1.807) is 30.3 Å². The van der Waals surface area contributed by atoms with Gasteiger partial charge in [-0.2, -0.15) is 5.26 Å². The van der Waals surface area contributed by atoms with Crippen LogP contribution in [0.4, 0.5) is 0 Å². The van der Waals surface area contributed by atoms with E-state index in [9.17, 15) is 20.0 Å². The van der Waals surface area contributed by atoms with Gasteiger partial charge in [0.2, 0.25) is 0 Å². The number of nitriles is 1. The van der Waals surface area contributed by atoms with E-state index in [0.29, 0.717) is 16.6 Å². The number of hydrogen-bond acceptors (Lipinski definition) is 5. The summed E-state index contributed by atoms with van der Waals surface area (Å²) >= 11 is 0. The molecule has 0 saturated heterocycles. The molecule has 1 aliphatic heterocycles. The van der Waals surface area contributed by atoms with Gasteiger partial charge in [-0.1, -0.05) is 24.3 Å². The molecule has 0 radical (unpaired) electrons. The molecule has 4 rings (SSSR count). The van der Waals surface area contributed by atoms with E-state index in [-0.39, 0.29) is 30.1 Å². The number of aliphatic hydroxyl groups is 1. The molecule has 2 heterocycles. The van der Waals surface area contributed by atoms with Gasteiger partial charge in [-0.3, -0.25) is 14.5 Å². The molecule has 1 aliphatic rings. The molecule has 7 heteroatoms. The van der Waals surface area contributed by atoms with Crippen molar-refractivity contribution in [2.24, 2.45) is 0 Å². The molecule has 0 bridgehead atoms. The number of nitrogens with zero attached hydrogens (tertiary/aromatic N) is 3. The van der Waals surface area contributed by atoms with Crippen molar-refractivity contribution in [3.05, 3.63) is 71.2 Å². The second kappa shape index (κ2) is 6.42. The molecule has 0 unspecified atom stereocenters. The number of imide groups is 1. The van der Waals surface area contributed by atoms with E-state index in [1.807, 2.05) is 24.3 Å². The molecule has 3 aromatic rings. The summed E-state index contributed by atoms with van der Waals surface area (Å²) in [4.78, 5) is 33.1. The minimum Gasteiger partial charge on any atom is -0.511 e. The highest BCUT2D eigenvalue weighted by molar-refractivity contribution is 6.21. The first-order valence-corrected chi connectivity index (χ1v) is 8.32. The molecule has 2 amide bonds. The summed E-state index contributed by atoms with van der Waals surface area (Å²) in [6.45, 7) is -0.0242. The highest BCUT2D eigenvalue weighted by Gasteiger charge is 2.34. The summed E-state index contributed by atoms with van der Waals surface area (Å²) in [6.07, 6.45) is -0.0363. The first kappa shape index (κ1) is 16.5. The number of allylic oxidation sites excluding steroid dienone is 1. The molecule has 7 nitrogen and oxygen atoms in total. The number of amides is 2. The Hall–Kier alpha value is -3.92. The number of aromatic amines is 1. The number of rotatable bonds is 4. The van der Waals surface area contributed by atoms with Gasteiger partial charge < -0.3 is 10.1 Å². The minimum absolute atomic E-state index is 0.0113. The van der Waals surface area contributed by atoms with E-state index in [2.05, 4.69) is 9.97 Å². The predicted molar refractivity (Wildman–Crippen MR) is 97.7 cm³/mol. The third-order valence-electron chi connectivity index (χ3n) is 4.48. The van der Waals surface area contributed by atoms with Gasteiger partial charge in [0.1, 0.15) is 17.4 Å². The summed E-state index contributed by atoms with van der Waals surface area (Å²) in [5.74, 6) is -0.775. The van der Waals surface area contributed by atoms with Crippen LogP contribution in [0.3, 0.4) is 0 Å². The summed E-state index contributed by atoms with van der Waals surface area (Å²) in [5.41, 5.74) is 2.11. The van der Waals surface area contributed by atoms with Crippen molar-refractivity contribution < 1.29 is 14.7 Å². The first-order chi connectivity index (χ1) is 13.1. The molecule has 1 aromatic heterocycles. The highest BCUT2D eigenvalue weighted by Crippen LogP contribution is 2.24. The van der Waals surface area contributed by atoms with Gasteiger partial charge in [-0.05, 0) is 24.3 Å². The fourth-order valence-corrected chi connectivity index (χ4v) is 3.11. The summed E-state index contributed by atoms with van der Waals surface area (Å²) in [6, 6.07) is 15.8. The van der Waals surface area contributed by atoms with Crippen LogP contribution in [0.25, 0.3) is 16.6 Å². The van der Waals surface area contributed by atoms with Crippen LogP contribution in [0.5, 0.6) is 0 Å². The SMILES string of the molecule is N#CC(=C(O)CCN1C(=O)c2ccccc2C1=O)c1nc2ccccc2[nH]1. The van der Waals surface area contributed by atoms with Crippen molar-refractivity contribution in [1.29, 1.82) is 5.26 Å². The maximum Gasteiger partial charge on any atom is 0.261 e. The fourth-order valence-electron chi connectivity index (χ4n) is 3.11. The standard InChI is InChI=1S/C20H14N4O3/c21-11-14(18-22-15-7-3-4-8-16(15)23-18)17(25)9-10-24-19(26)12-5-1-2-6-13(12)20(24)27/h1-8,25H,9-10H2,(H,22,23). The molecule has 2 N–H and O–H groups in total. The molecule has 0 fully saturated rings. The van der Waals surface area contributed by atoms with Gasteiger partial charge in [0.15, 0.2) is 5.82 Å². The number of hydrogen-bond donors (Lipinski definition) is 2. The van der Waals surface area contributed by atoms with Crippen molar-refractivity contribution in [2.45, 2.75) is 6.42 Å². The second-order valence-corrected chi connectivity index (χ2v) is 6.09. The molecule has 27 heavy (non-hydrogen) atoms. The molecule has 0 atom stereocenters. The first-order valence-electron chi connectivity index (χ1n) is 8.32. The Morgan fingerprint density at radius 3 is 2.33 bits per heavy atom. The Bertz CT molecular complexity index is 1090. The number of carbonyl (C=O) groups excluding carboxylic acids is 2. The van der Waals surface area contributed by atoms with Gasteiger partial charge in [-0.15, -0.1) is 0 Å². The van der Waals surface area contributed by atoms with Crippen LogP contribution in [0.15, 0.2) is 54.3 Å². The smallest absolute Gasteiger partial charge is 0.261 e. The number of aliphatic hydroxyl groups excluding tert-OH is 1. The Balaban J connectivity index is 1.57. The Morgan fingerprint density at radius 2 is 1.70 bits per heavy atom. The fraction of sp³-hybridized carbons (Fsp3) is 0.100. The molecule has 0 aliphatic carbocycles. The van der Waals surface area contributed by atoms with E-state index in [1.165, 1.54) is 0 Å². The largest absolute Gasteiger partial charge is 0.511 e. The lowest BCUT2D eigenvalue weighted by Crippen LogP contribution is -2.31. The Kier molecular flexibility index (Phi) is 3.94. The van der Waals surface area contributed by atoms with Gasteiger partial charge in [0.05, 0.1) is 22.2 Å². The number of carbonyl (C=O) groups is 2. The van der Waals surface area contributed by atoms with Gasteiger partial charge in [-0.25, -0.2) is 4.98 Å². The van der Waals surface area contributed by atoms with E-state index >= 15 is 0 Å². The molecule has 0 saturated carbocycles. The van der Waals surface area contributed by atoms with Crippen molar-refractivity contribution in [3.63, 3.8) is 0 Å². The average Bonchev–Trinajstić information content (AvgIpc) is 3.21. The van der Waals surface area contributed by atoms with Crippen LogP contribution in [-0.2, 0) is 0 Å². The van der Waals surface area contributed by atoms with Crippen LogP contribution in [0.2, 0.25) is 0 Å². The topological polar surface area (TPSA) is 110 Å². The van der Waals surface area contributed by atoms with Gasteiger partial charge in [0.25, 0.3) is 11.8 Å². The second-order valence-electron chi connectivity index (χ2n) is 6.09. The normalized spacial score (nSPS) is 14.3. The average molecular weight is 358 g/mol. The minimum atomic E-state index is -0.398. The number of aromatic nitrogens is 2. The lowest BCUT2D eigenvalue weighted by Gasteiger charge is -2.13. The molecular formula is C20H14N4O3. The highest BCUT2D eigenvalue weighted by atomic mass is 16.3. The Labute approximate surface area is 154 Å². The van der Waals surface area contributed by atoms with Crippen LogP contribution in [-0.4, -0.2) is 38.3 Å². The summed E-state index contributed by atoms with van der Waals surface area (Å²) < 4.78 is 0. The summed E-state index contributed by atoms with van der Waals surface area (Å²) in [7, 11) is 0. The number of imidazole rings is 1. The monoisotopic (exact) mass is 358 g/mol. The van der Waals surface area contributed by atoms with Crippen molar-refractivity contribution >= 4 is 28.4 Å². The van der Waals surface area contributed by atoms with E-state index in [0.717, 1.165) is 10.4 Å². The zero-order valence-electron chi connectivity index (χ0n) is 14.1. The van der Waals surface area contributed by atoms with Crippen molar-refractivity contribution in [1.82, 2.24) is 14.9 Å². The molecular weight excluding hydrogens is 344 g/mol. The summed E-state index contributed by atoms with van der Waals surface area (Å²) in [5, 5.41) is 19.8. The van der Waals surface area contributed by atoms with Crippen molar-refractivity contribution in [2.75, 3.05) is 6.54 Å². The predicted octanol–water partition coefficient (Wildman–Crippen LogP) is 3.04. The maximum absolute atomic E-state index is 12.4. The molecule has 2 aromatic carbocycles. The van der Waals surface area contributed by atoms with Crippen LogP contribution < -0.4 is 0 Å². The van der Waals surface area contributed by atoms with Gasteiger partial charge >= 0.3 is 0 Å². The number of fused-ring (bicyclic) bond motifs is 2. The number of benzene rings is 2. The quantitative estimate of drug-likeness (QED) is 0.423. The maximum atomic E-state index is 12.4. The van der Waals surface area contributed by atoms with Crippen LogP contribution >= 0.6 is 0 Å². The van der Waals surface area contributed by atoms with Crippen molar-refractivity contribution in [3.8, 4) is 6.07 Å². The van der Waals surface area contributed by atoms with Crippen LogP contribution in [0.1, 0.15) is 33.0 Å².